The topological polar surface area (TPSA) is 23.1 Å². The van der Waals surface area contributed by atoms with Gasteiger partial charge in [0.15, 0.2) is 5.69 Å². The van der Waals surface area contributed by atoms with Crippen molar-refractivity contribution in [3.05, 3.63) is 71.4 Å². The lowest BCUT2D eigenvalue weighted by molar-refractivity contribution is -0.538. The van der Waals surface area contributed by atoms with E-state index in [1.165, 1.54) is 50.8 Å². The molecular weight excluding hydrogens is 652 g/mol. The summed E-state index contributed by atoms with van der Waals surface area (Å²) in [5.41, 5.74) is 7.78. The number of thioether (sulfide) groups is 1. The Bertz CT molecular complexity index is 1070. The monoisotopic (exact) mass is 688 g/mol. The number of aryl methyl sites for hydroxylation is 1. The molecule has 0 amide bonds. The zero-order valence-electron chi connectivity index (χ0n) is 21.0. The van der Waals surface area contributed by atoms with Crippen LogP contribution in [0, 0.1) is 14.1 Å². The highest BCUT2D eigenvalue weighted by atomic mass is 127. The molecule has 0 aromatic heterocycles. The molecule has 0 fully saturated rings. The number of benzene rings is 2. The molecular formula is C27H36I2N3S+. The lowest BCUT2D eigenvalue weighted by Crippen LogP contribution is -2.73. The molecule has 0 bridgehead atoms. The second kappa shape index (κ2) is 13.2. The van der Waals surface area contributed by atoms with Gasteiger partial charge < -0.3 is 15.1 Å². The van der Waals surface area contributed by atoms with Gasteiger partial charge in [-0.2, -0.15) is 0 Å². The second-order valence-corrected chi connectivity index (χ2v) is 11.1. The Morgan fingerprint density at radius 1 is 1.18 bits per heavy atom. The third kappa shape index (κ3) is 6.80. The maximum Gasteiger partial charge on any atom is 0.154 e. The van der Waals surface area contributed by atoms with Crippen LogP contribution in [0.1, 0.15) is 38.8 Å². The minimum Gasteiger partial charge on any atom is -0.366 e. The predicted octanol–water partition coefficient (Wildman–Crippen LogP) is 7.55. The van der Waals surface area contributed by atoms with Crippen molar-refractivity contribution in [1.82, 2.24) is 0 Å². The Balaban J connectivity index is 0.00000187. The molecule has 2 aromatic rings. The first-order valence-corrected chi connectivity index (χ1v) is 14.3. The number of likely N-dealkylation sites (N-methyl/N-ethyl adjacent to an activating group) is 1. The molecule has 0 unspecified atom stereocenters. The van der Waals surface area contributed by atoms with Crippen LogP contribution in [-0.2, 0) is 0 Å². The standard InChI is InChI=1S/C25H29I2N3S.C2H6/c1-7-8-18-17(3)9-10-23-25(18)30(6)24(31-23)13-16(2)11-12-29(5)22-15-20(27)19(26)14-21(22)28-4;1-2/h7-11,13-15,28H,12H2,1-6H3;1-2H3/p+1/b8-7-,16-11+,24-13-;. The van der Waals surface area contributed by atoms with E-state index < -0.39 is 0 Å². The largest absolute Gasteiger partial charge is 0.366 e. The Kier molecular flexibility index (Phi) is 11.3. The molecule has 0 radical (unpaired) electrons. The molecule has 0 saturated heterocycles. The summed E-state index contributed by atoms with van der Waals surface area (Å²) in [6.45, 7) is 11.3. The Labute approximate surface area is 232 Å². The highest BCUT2D eigenvalue weighted by Gasteiger charge is 2.25. The van der Waals surface area contributed by atoms with Crippen molar-refractivity contribution >= 4 is 80.1 Å². The van der Waals surface area contributed by atoms with E-state index in [-0.39, 0.29) is 0 Å². The normalized spacial score (nSPS) is 14.5. The van der Waals surface area contributed by atoms with Gasteiger partial charge in [0.25, 0.3) is 0 Å². The van der Waals surface area contributed by atoms with Gasteiger partial charge in [0.1, 0.15) is 0 Å². The molecule has 2 aromatic carbocycles. The van der Waals surface area contributed by atoms with Gasteiger partial charge in [-0.05, 0) is 89.7 Å². The van der Waals surface area contributed by atoms with E-state index in [0.29, 0.717) is 0 Å². The van der Waals surface area contributed by atoms with Gasteiger partial charge in [-0.1, -0.05) is 55.5 Å². The SMILES string of the molecule is C/C=C\c1c(C)ccc2c1N(C)/C(=C/C(C)=C/CN(C)c1cc(I)c(I)cc1[NH2+]C)S2.CC. The average Bonchev–Trinajstić information content (AvgIpc) is 3.12. The van der Waals surface area contributed by atoms with Crippen LogP contribution in [0.4, 0.5) is 17.1 Å². The summed E-state index contributed by atoms with van der Waals surface area (Å²) in [6.07, 6.45) is 8.96. The molecule has 0 aliphatic carbocycles. The molecule has 2 N–H and O–H groups in total. The van der Waals surface area contributed by atoms with Crippen LogP contribution in [-0.4, -0.2) is 27.7 Å². The van der Waals surface area contributed by atoms with Gasteiger partial charge in [0, 0.05) is 44.3 Å². The van der Waals surface area contributed by atoms with E-state index in [0.717, 1.165) is 6.54 Å². The van der Waals surface area contributed by atoms with Crippen LogP contribution in [0.3, 0.4) is 0 Å². The van der Waals surface area contributed by atoms with Crippen LogP contribution in [0.25, 0.3) is 6.08 Å². The lowest BCUT2D eigenvalue weighted by atomic mass is 10.1. The number of nitrogens with two attached hydrogens (primary N) is 1. The number of fused-ring (bicyclic) bond motifs is 1. The molecule has 0 atom stereocenters. The van der Waals surface area contributed by atoms with Gasteiger partial charge in [0.2, 0.25) is 0 Å². The highest BCUT2D eigenvalue weighted by Crippen LogP contribution is 2.48. The smallest absolute Gasteiger partial charge is 0.154 e. The average molecular weight is 688 g/mol. The molecule has 1 aliphatic heterocycles. The predicted molar refractivity (Wildman–Crippen MR) is 166 cm³/mol. The first-order valence-electron chi connectivity index (χ1n) is 11.3. The van der Waals surface area contributed by atoms with Gasteiger partial charge in [0.05, 0.1) is 23.5 Å². The summed E-state index contributed by atoms with van der Waals surface area (Å²) < 4.78 is 2.59. The number of rotatable bonds is 6. The minimum absolute atomic E-state index is 0.872. The first kappa shape index (κ1) is 28.3. The quantitative estimate of drug-likeness (QED) is 0.251. The van der Waals surface area contributed by atoms with E-state index in [1.54, 1.807) is 0 Å². The van der Waals surface area contributed by atoms with Crippen molar-refractivity contribution in [2.75, 3.05) is 37.5 Å². The molecule has 0 spiro atoms. The Morgan fingerprint density at radius 3 is 2.48 bits per heavy atom. The van der Waals surface area contributed by atoms with Gasteiger partial charge >= 0.3 is 0 Å². The second-order valence-electron chi connectivity index (χ2n) is 7.73. The van der Waals surface area contributed by atoms with Crippen LogP contribution in [0.2, 0.25) is 0 Å². The Hall–Kier alpha value is -0.970. The number of anilines is 2. The highest BCUT2D eigenvalue weighted by molar-refractivity contribution is 14.1. The third-order valence-corrected chi connectivity index (χ3v) is 9.41. The van der Waals surface area contributed by atoms with E-state index in [1.807, 2.05) is 25.6 Å². The van der Waals surface area contributed by atoms with Gasteiger partial charge in [-0.3, -0.25) is 0 Å². The van der Waals surface area contributed by atoms with Crippen molar-refractivity contribution < 1.29 is 5.32 Å². The molecule has 1 heterocycles. The van der Waals surface area contributed by atoms with Crippen LogP contribution < -0.4 is 15.1 Å². The van der Waals surface area contributed by atoms with Crippen LogP contribution in [0.15, 0.2) is 58.0 Å². The summed E-state index contributed by atoms with van der Waals surface area (Å²) in [5, 5.41) is 3.46. The molecule has 1 aliphatic rings. The van der Waals surface area contributed by atoms with Crippen LogP contribution >= 0.6 is 56.9 Å². The summed E-state index contributed by atoms with van der Waals surface area (Å²) in [6, 6.07) is 9.01. The molecule has 178 valence electrons. The summed E-state index contributed by atoms with van der Waals surface area (Å²) in [4.78, 5) is 5.98. The Morgan fingerprint density at radius 2 is 1.85 bits per heavy atom. The van der Waals surface area contributed by atoms with E-state index in [9.17, 15) is 0 Å². The number of nitrogens with zero attached hydrogens (tertiary/aromatic N) is 2. The van der Waals surface area contributed by atoms with Crippen molar-refractivity contribution in [3.63, 3.8) is 0 Å². The molecule has 6 heteroatoms. The number of hydrogen-bond donors (Lipinski definition) is 1. The van der Waals surface area contributed by atoms with Gasteiger partial charge in [-0.15, -0.1) is 0 Å². The molecule has 3 nitrogen and oxygen atoms in total. The fraction of sp³-hybridized carbons (Fsp3) is 0.333. The van der Waals surface area contributed by atoms with Crippen molar-refractivity contribution in [2.45, 2.75) is 39.5 Å². The number of halogens is 2. The third-order valence-electron chi connectivity index (χ3n) is 5.44. The van der Waals surface area contributed by atoms with Crippen molar-refractivity contribution in [2.24, 2.45) is 0 Å². The molecule has 3 rings (SSSR count). The molecule has 0 saturated carbocycles. The fourth-order valence-electron chi connectivity index (χ4n) is 3.66. The maximum atomic E-state index is 2.42. The van der Waals surface area contributed by atoms with Crippen molar-refractivity contribution in [1.29, 1.82) is 0 Å². The summed E-state index contributed by atoms with van der Waals surface area (Å²) in [5.74, 6) is 0. The number of quaternary nitrogens is 1. The van der Waals surface area contributed by atoms with Crippen LogP contribution in [0.5, 0.6) is 0 Å². The maximum absolute atomic E-state index is 2.42. The zero-order chi connectivity index (χ0) is 24.7. The number of allylic oxidation sites excluding steroid dienone is 3. The van der Waals surface area contributed by atoms with E-state index >= 15 is 0 Å². The minimum atomic E-state index is 0.872. The van der Waals surface area contributed by atoms with E-state index in [2.05, 4.69) is 151 Å². The fourth-order valence-corrected chi connectivity index (χ4v) is 5.78. The first-order chi connectivity index (χ1) is 15.8. The van der Waals surface area contributed by atoms with Crippen molar-refractivity contribution in [3.8, 4) is 0 Å². The number of hydrogen-bond acceptors (Lipinski definition) is 3. The molecule has 33 heavy (non-hydrogen) atoms. The van der Waals surface area contributed by atoms with Gasteiger partial charge in [-0.25, -0.2) is 0 Å². The zero-order valence-corrected chi connectivity index (χ0v) is 26.1. The summed E-state index contributed by atoms with van der Waals surface area (Å²) in [7, 11) is 6.45. The summed E-state index contributed by atoms with van der Waals surface area (Å²) >= 11 is 6.68. The lowest BCUT2D eigenvalue weighted by Gasteiger charge is -2.20. The van der Waals surface area contributed by atoms with E-state index in [4.69, 9.17) is 0 Å².